The van der Waals surface area contributed by atoms with Gasteiger partial charge in [0.25, 0.3) is 5.56 Å². The Kier molecular flexibility index (Phi) is 7.08. The molecule has 0 N–H and O–H groups in total. The van der Waals surface area contributed by atoms with Crippen molar-refractivity contribution in [1.29, 1.82) is 0 Å². The molecule has 1 aromatic carbocycles. The molecule has 136 valence electrons. The normalized spacial score (nSPS) is 11.7. The van der Waals surface area contributed by atoms with Crippen LogP contribution in [0.15, 0.2) is 40.2 Å². The van der Waals surface area contributed by atoms with Crippen molar-refractivity contribution in [1.82, 2.24) is 9.78 Å². The van der Waals surface area contributed by atoms with Crippen LogP contribution in [0.5, 0.6) is 0 Å². The number of unbranched alkanes of at least 4 members (excludes halogenated alkanes) is 1. The number of rotatable bonds is 7. The number of aryl methyl sites for hydroxylation is 1. The van der Waals surface area contributed by atoms with E-state index in [1.807, 2.05) is 20.8 Å². The smallest absolute Gasteiger partial charge is 0.266 e. The maximum absolute atomic E-state index is 12.3. The molecule has 0 aliphatic heterocycles. The maximum Gasteiger partial charge on any atom is 0.287 e. The van der Waals surface area contributed by atoms with Crippen LogP contribution in [0.1, 0.15) is 44.7 Å². The van der Waals surface area contributed by atoms with Gasteiger partial charge in [0.2, 0.25) is 0 Å². The van der Waals surface area contributed by atoms with E-state index in [0.29, 0.717) is 17.1 Å². The van der Waals surface area contributed by atoms with Crippen LogP contribution in [0.3, 0.4) is 0 Å². The molecule has 0 amide bonds. The molecule has 1 heterocycles. The quantitative estimate of drug-likeness (QED) is 0.485. The Balaban J connectivity index is 2.02. The number of aromatic nitrogens is 2. The molecule has 6 heteroatoms. The Labute approximate surface area is 157 Å². The predicted octanol–water partition coefficient (Wildman–Crippen LogP) is 5.24. The zero-order chi connectivity index (χ0) is 18.4. The minimum Gasteiger partial charge on any atom is -0.266 e. The average Bonchev–Trinajstić information content (AvgIpc) is 2.56. The number of nitrogens with zero attached hydrogens (tertiary/aromatic N) is 2. The molecule has 2 rings (SSSR count). The summed E-state index contributed by atoms with van der Waals surface area (Å²) in [6, 6.07) is 8.28. The Bertz CT molecular complexity index is 753. The Hall–Kier alpha value is -1.33. The summed E-state index contributed by atoms with van der Waals surface area (Å²) in [5.41, 5.74) is 1.70. The van der Waals surface area contributed by atoms with Crippen LogP contribution >= 0.6 is 23.4 Å². The summed E-state index contributed by atoms with van der Waals surface area (Å²) < 4.78 is 13.5. The SMILES string of the molecule is CC(C)(C)n1ncc(SCc2ccc(CCCC[19F])cc2)c(Cl)c1=O. The minimum atomic E-state index is -0.401. The molecule has 1 aromatic heterocycles. The van der Waals surface area contributed by atoms with Crippen LogP contribution in [-0.4, -0.2) is 16.5 Å². The molecule has 2 aromatic rings. The first kappa shape index (κ1) is 20.0. The summed E-state index contributed by atoms with van der Waals surface area (Å²) in [6.07, 6.45) is 4.04. The van der Waals surface area contributed by atoms with Crippen molar-refractivity contribution in [2.24, 2.45) is 0 Å². The molecule has 0 radical (unpaired) electrons. The highest BCUT2D eigenvalue weighted by molar-refractivity contribution is 7.98. The lowest BCUT2D eigenvalue weighted by molar-refractivity contribution is 0.336. The van der Waals surface area contributed by atoms with E-state index in [9.17, 15) is 9.18 Å². The van der Waals surface area contributed by atoms with Gasteiger partial charge in [-0.25, -0.2) is 4.68 Å². The molecule has 0 fully saturated rings. The third kappa shape index (κ3) is 5.58. The van der Waals surface area contributed by atoms with E-state index in [4.69, 9.17) is 11.6 Å². The lowest BCUT2D eigenvalue weighted by Gasteiger charge is -2.21. The molecule has 0 saturated carbocycles. The largest absolute Gasteiger partial charge is 0.287 e. The maximum atomic E-state index is 12.3. The third-order valence-electron chi connectivity index (χ3n) is 3.79. The Morgan fingerprint density at radius 3 is 2.40 bits per heavy atom. The van der Waals surface area contributed by atoms with Gasteiger partial charge < -0.3 is 0 Å². The highest BCUT2D eigenvalue weighted by atomic mass is 35.5. The van der Waals surface area contributed by atoms with Gasteiger partial charge in [0.05, 0.1) is 23.3 Å². The van der Waals surface area contributed by atoms with Crippen molar-refractivity contribution in [3.8, 4) is 0 Å². The van der Waals surface area contributed by atoms with Crippen molar-refractivity contribution < 1.29 is 4.39 Å². The van der Waals surface area contributed by atoms with Gasteiger partial charge in [-0.1, -0.05) is 35.9 Å². The van der Waals surface area contributed by atoms with Gasteiger partial charge in [-0.3, -0.25) is 9.18 Å². The molecular formula is C19H24ClFN2OS. The van der Waals surface area contributed by atoms with Crippen LogP contribution in [0.2, 0.25) is 5.02 Å². The zero-order valence-corrected chi connectivity index (χ0v) is 16.5. The van der Waals surface area contributed by atoms with Crippen molar-refractivity contribution in [2.45, 2.75) is 56.2 Å². The molecule has 25 heavy (non-hydrogen) atoms. The second-order valence-electron chi connectivity index (χ2n) is 6.96. The van der Waals surface area contributed by atoms with E-state index in [-0.39, 0.29) is 17.3 Å². The number of hydrogen-bond acceptors (Lipinski definition) is 3. The summed E-state index contributed by atoms with van der Waals surface area (Å²) in [6.45, 7) is 5.50. The van der Waals surface area contributed by atoms with Gasteiger partial charge in [-0.2, -0.15) is 5.10 Å². The predicted molar refractivity (Wildman–Crippen MR) is 103 cm³/mol. The van der Waals surface area contributed by atoms with Crippen LogP contribution < -0.4 is 5.56 Å². The van der Waals surface area contributed by atoms with Gasteiger partial charge >= 0.3 is 0 Å². The number of halogens is 2. The van der Waals surface area contributed by atoms with Gasteiger partial charge in [0.1, 0.15) is 5.02 Å². The van der Waals surface area contributed by atoms with Gasteiger partial charge in [0, 0.05) is 5.75 Å². The molecule has 0 spiro atoms. The van der Waals surface area contributed by atoms with E-state index in [2.05, 4.69) is 29.4 Å². The fourth-order valence-corrected chi connectivity index (χ4v) is 3.53. The second-order valence-corrected chi connectivity index (χ2v) is 8.36. The van der Waals surface area contributed by atoms with E-state index >= 15 is 0 Å². The van der Waals surface area contributed by atoms with Gasteiger partial charge in [0.15, 0.2) is 0 Å². The highest BCUT2D eigenvalue weighted by Crippen LogP contribution is 2.27. The van der Waals surface area contributed by atoms with Gasteiger partial charge in [-0.05, 0) is 51.2 Å². The number of benzene rings is 1. The average molecular weight is 383 g/mol. The summed E-state index contributed by atoms with van der Waals surface area (Å²) in [7, 11) is 0. The molecule has 0 bridgehead atoms. The van der Waals surface area contributed by atoms with Crippen molar-refractivity contribution in [3.63, 3.8) is 0 Å². The monoisotopic (exact) mass is 382 g/mol. The van der Waals surface area contributed by atoms with Crippen LogP contribution in [0.4, 0.5) is 4.39 Å². The number of alkyl halides is 1. The summed E-state index contributed by atoms with van der Waals surface area (Å²) in [5.74, 6) is 0.713. The fraction of sp³-hybridized carbons (Fsp3) is 0.474. The Morgan fingerprint density at radius 2 is 1.80 bits per heavy atom. The molecule has 3 nitrogen and oxygen atoms in total. The first-order valence-corrected chi connectivity index (χ1v) is 9.74. The van der Waals surface area contributed by atoms with Crippen LogP contribution in [-0.2, 0) is 17.7 Å². The topological polar surface area (TPSA) is 34.9 Å². The van der Waals surface area contributed by atoms with E-state index < -0.39 is 5.54 Å². The highest BCUT2D eigenvalue weighted by Gasteiger charge is 2.19. The molecule has 0 unspecified atom stereocenters. The zero-order valence-electron chi connectivity index (χ0n) is 14.9. The van der Waals surface area contributed by atoms with E-state index in [1.165, 1.54) is 22.0 Å². The van der Waals surface area contributed by atoms with Crippen molar-refractivity contribution >= 4 is 23.4 Å². The molecular weight excluding hydrogens is 359 g/mol. The lowest BCUT2D eigenvalue weighted by Crippen LogP contribution is -2.36. The first-order valence-electron chi connectivity index (χ1n) is 8.38. The number of hydrogen-bond donors (Lipinski definition) is 0. The van der Waals surface area contributed by atoms with Crippen molar-refractivity contribution in [3.05, 3.63) is 57.0 Å². The van der Waals surface area contributed by atoms with E-state index in [1.54, 1.807) is 6.20 Å². The first-order chi connectivity index (χ1) is 11.8. The molecule has 0 saturated heterocycles. The standard InChI is InChI=1S/C19H24ClFN2OS/c1-19(2,3)23-18(24)17(20)16(12-22-23)25-13-15-9-7-14(8-10-15)6-4-5-11-21/h7-10,12H,4-6,11,13H2,1-3H3/i21+0. The molecule has 0 atom stereocenters. The lowest BCUT2D eigenvalue weighted by atomic mass is 10.1. The minimum absolute atomic E-state index is 0.220. The van der Waals surface area contributed by atoms with E-state index in [0.717, 1.165) is 18.4 Å². The van der Waals surface area contributed by atoms with Crippen molar-refractivity contribution in [2.75, 3.05) is 6.67 Å². The molecule has 0 aliphatic carbocycles. The summed E-state index contributed by atoms with van der Waals surface area (Å²) >= 11 is 7.75. The summed E-state index contributed by atoms with van der Waals surface area (Å²) in [4.78, 5) is 13.0. The van der Waals surface area contributed by atoms with Gasteiger partial charge in [-0.15, -0.1) is 11.8 Å². The van der Waals surface area contributed by atoms with Crippen LogP contribution in [0, 0.1) is 0 Å². The fourth-order valence-electron chi connectivity index (χ4n) is 2.38. The van der Waals surface area contributed by atoms with Crippen LogP contribution in [0.25, 0.3) is 0 Å². The second kappa shape index (κ2) is 8.86. The Morgan fingerprint density at radius 1 is 1.16 bits per heavy atom. The number of thioether (sulfide) groups is 1. The third-order valence-corrected chi connectivity index (χ3v) is 5.36. The molecule has 0 aliphatic rings. The summed E-state index contributed by atoms with van der Waals surface area (Å²) in [5, 5.41) is 4.47.